The first kappa shape index (κ1) is 74.9. The van der Waals surface area contributed by atoms with Crippen LogP contribution in [0.4, 0.5) is 0 Å². The van der Waals surface area contributed by atoms with Crippen molar-refractivity contribution in [2.75, 3.05) is 40.9 Å². The number of amides is 1. The van der Waals surface area contributed by atoms with E-state index in [4.69, 9.17) is 13.8 Å². The second kappa shape index (κ2) is 57.1. The smallest absolute Gasteiger partial charge is 0.456 e. The van der Waals surface area contributed by atoms with Crippen molar-refractivity contribution in [2.24, 2.45) is 0 Å². The van der Waals surface area contributed by atoms with E-state index in [1.807, 2.05) is 94.1 Å². The summed E-state index contributed by atoms with van der Waals surface area (Å²) in [5, 5.41) is 3.04. The van der Waals surface area contributed by atoms with Crippen LogP contribution < -0.4 is 5.32 Å². The van der Waals surface area contributed by atoms with E-state index in [-0.39, 0.29) is 31.5 Å². The molecule has 0 saturated carbocycles. The number of nitrogens with zero attached hydrogens (tertiary/aromatic N) is 1. The highest BCUT2D eigenvalue weighted by Gasteiger charge is 2.30. The molecule has 0 rings (SSSR count). The van der Waals surface area contributed by atoms with Crippen LogP contribution in [-0.2, 0) is 27.9 Å². The number of phosphoric ester groups is 1. The maximum Gasteiger partial charge on any atom is 0.472 e. The molecule has 0 fully saturated rings. The third-order valence-electron chi connectivity index (χ3n) is 12.9. The first-order valence-corrected chi connectivity index (χ1v) is 32.7. The van der Waals surface area contributed by atoms with E-state index in [9.17, 15) is 19.0 Å². The van der Waals surface area contributed by atoms with E-state index in [2.05, 4.69) is 99.0 Å². The predicted octanol–water partition coefficient (Wildman–Crippen LogP) is 19.4. The minimum atomic E-state index is -4.48. The molecular formula is C69H116N2O7P+. The van der Waals surface area contributed by atoms with E-state index < -0.39 is 20.0 Å². The van der Waals surface area contributed by atoms with Gasteiger partial charge in [0.1, 0.15) is 19.3 Å². The Balaban J connectivity index is 5.37. The van der Waals surface area contributed by atoms with Crippen molar-refractivity contribution in [3.63, 3.8) is 0 Å². The molecule has 0 radical (unpaired) electrons. The van der Waals surface area contributed by atoms with Crippen LogP contribution >= 0.6 is 7.82 Å². The number of allylic oxidation sites excluding steroid dienone is 23. The molecule has 0 aromatic heterocycles. The highest BCUT2D eigenvalue weighted by atomic mass is 31.2. The lowest BCUT2D eigenvalue weighted by molar-refractivity contribution is -0.870. The summed E-state index contributed by atoms with van der Waals surface area (Å²) in [6, 6.07) is -0.885. The Labute approximate surface area is 485 Å². The summed E-state index contributed by atoms with van der Waals surface area (Å²) in [5.41, 5.74) is 0. The van der Waals surface area contributed by atoms with Gasteiger partial charge in [0.2, 0.25) is 5.91 Å². The normalized spacial score (nSPS) is 14.7. The quantitative estimate of drug-likeness (QED) is 0.0156. The SMILES string of the molecule is CC\C=C/C=C/C=C/C=C\C=C\C=C\CCCCCC(=O)OC(/C=C\CCCCCCCCCCCCC)C(COP(=O)(O)OCC[N+](C)(C)C)NC(=O)CCCCCCCCC/C=C\C/C=C\C/C=C\C/C=C\C/C=C\CC. The Kier molecular flexibility index (Phi) is 54.2. The molecule has 3 atom stereocenters. The number of ether oxygens (including phenoxy) is 1. The summed E-state index contributed by atoms with van der Waals surface area (Å²) in [7, 11) is 1.44. The molecule has 3 unspecified atom stereocenters. The molecule has 0 saturated heterocycles. The average molecular weight is 1120 g/mol. The highest BCUT2D eigenvalue weighted by Crippen LogP contribution is 2.43. The molecule has 0 aliphatic heterocycles. The summed E-state index contributed by atoms with van der Waals surface area (Å²) in [6.07, 6.45) is 82.7. The van der Waals surface area contributed by atoms with Crippen LogP contribution in [0.3, 0.4) is 0 Å². The number of rotatable bonds is 54. The Morgan fingerprint density at radius 3 is 1.38 bits per heavy atom. The Morgan fingerprint density at radius 1 is 0.468 bits per heavy atom. The van der Waals surface area contributed by atoms with Gasteiger partial charge >= 0.3 is 13.8 Å². The van der Waals surface area contributed by atoms with Gasteiger partial charge in [-0.2, -0.15) is 0 Å². The van der Waals surface area contributed by atoms with Gasteiger partial charge in [0.05, 0.1) is 33.8 Å². The van der Waals surface area contributed by atoms with Crippen molar-refractivity contribution in [2.45, 2.75) is 238 Å². The molecular weight excluding hydrogens is 1000 g/mol. The molecule has 0 aliphatic rings. The second-order valence-electron chi connectivity index (χ2n) is 21.6. The average Bonchev–Trinajstić information content (AvgIpc) is 3.41. The zero-order valence-corrected chi connectivity index (χ0v) is 51.9. The Morgan fingerprint density at radius 2 is 0.873 bits per heavy atom. The number of nitrogens with one attached hydrogen (secondary N) is 1. The van der Waals surface area contributed by atoms with Gasteiger partial charge in [0.25, 0.3) is 0 Å². The number of carbonyl (C=O) groups excluding carboxylic acids is 2. The van der Waals surface area contributed by atoms with Crippen LogP contribution in [0, 0.1) is 0 Å². The van der Waals surface area contributed by atoms with E-state index in [1.165, 1.54) is 77.0 Å². The predicted molar refractivity (Wildman–Crippen MR) is 341 cm³/mol. The molecule has 0 bridgehead atoms. The van der Waals surface area contributed by atoms with Gasteiger partial charge in [-0.3, -0.25) is 18.6 Å². The van der Waals surface area contributed by atoms with Gasteiger partial charge < -0.3 is 19.4 Å². The van der Waals surface area contributed by atoms with Gasteiger partial charge in [-0.25, -0.2) is 4.57 Å². The van der Waals surface area contributed by atoms with Crippen LogP contribution in [0.15, 0.2) is 146 Å². The molecule has 0 spiro atoms. The summed E-state index contributed by atoms with van der Waals surface area (Å²) >= 11 is 0. The largest absolute Gasteiger partial charge is 0.472 e. The topological polar surface area (TPSA) is 111 Å². The standard InChI is InChI=1S/C69H115N2O7P/c1-7-10-13-16-19-22-25-28-30-32-33-34-35-36-37-39-40-43-46-49-52-55-58-61-68(72)70-66(65-77-79(74,75)76-64-63-71(4,5)6)67(60-57-54-51-48-45-42-27-24-21-18-15-12-9-3)78-69(73)62-59-56-53-50-47-44-41-38-31-29-26-23-20-17-14-11-8-2/h10-11,13-14,17,19-20,22-23,26,28-31,33-34,36-38,41,44,47,57,60,66-67H,7-9,12,15-16,18,21,24-25,27,32,35,39-40,42-43,45-46,48-56,58-59,61-65H2,1-6H3,(H-,70,72,74,75)/p+1/b13-10-,14-11-,20-17+,22-19-,26-23+,30-28-,31-29-,34-33-,37-36-,41-38+,47-44+,60-57-. The van der Waals surface area contributed by atoms with Crippen molar-refractivity contribution in [1.82, 2.24) is 5.32 Å². The molecule has 0 aliphatic carbocycles. The van der Waals surface area contributed by atoms with Crippen molar-refractivity contribution >= 4 is 19.7 Å². The lowest BCUT2D eigenvalue weighted by Crippen LogP contribution is -2.47. The number of hydrogen-bond acceptors (Lipinski definition) is 6. The number of quaternary nitrogens is 1. The highest BCUT2D eigenvalue weighted by molar-refractivity contribution is 7.47. The van der Waals surface area contributed by atoms with E-state index in [0.29, 0.717) is 23.9 Å². The molecule has 0 aromatic carbocycles. The Bertz CT molecular complexity index is 1860. The molecule has 448 valence electrons. The van der Waals surface area contributed by atoms with Crippen molar-refractivity contribution in [3.8, 4) is 0 Å². The van der Waals surface area contributed by atoms with Gasteiger partial charge in [0, 0.05) is 12.8 Å². The Hall–Kier alpha value is -4.11. The minimum absolute atomic E-state index is 0.0213. The minimum Gasteiger partial charge on any atom is -0.456 e. The maximum atomic E-state index is 13.6. The fraction of sp³-hybridized carbons (Fsp3) is 0.623. The molecule has 0 aromatic rings. The fourth-order valence-electron chi connectivity index (χ4n) is 8.17. The molecule has 1 amide bonds. The molecule has 0 heterocycles. The van der Waals surface area contributed by atoms with Crippen LogP contribution in [-0.4, -0.2) is 74.3 Å². The van der Waals surface area contributed by atoms with E-state index >= 15 is 0 Å². The van der Waals surface area contributed by atoms with Gasteiger partial charge in [-0.1, -0.05) is 263 Å². The lowest BCUT2D eigenvalue weighted by Gasteiger charge is -2.27. The number of esters is 1. The third kappa shape index (κ3) is 58.4. The first-order chi connectivity index (χ1) is 38.4. The maximum absolute atomic E-state index is 13.6. The summed E-state index contributed by atoms with van der Waals surface area (Å²) < 4.78 is 30.7. The van der Waals surface area contributed by atoms with Crippen LogP contribution in [0.25, 0.3) is 0 Å². The molecule has 10 heteroatoms. The molecule has 9 nitrogen and oxygen atoms in total. The van der Waals surface area contributed by atoms with Gasteiger partial charge in [-0.15, -0.1) is 0 Å². The summed E-state index contributed by atoms with van der Waals surface area (Å²) in [4.78, 5) is 37.7. The summed E-state index contributed by atoms with van der Waals surface area (Å²) in [5.74, 6) is -0.580. The number of hydrogen-bond donors (Lipinski definition) is 2. The number of unbranched alkanes of at least 4 members (excludes halogenated alkanes) is 21. The van der Waals surface area contributed by atoms with Crippen LogP contribution in [0.1, 0.15) is 226 Å². The first-order valence-electron chi connectivity index (χ1n) is 31.2. The van der Waals surface area contributed by atoms with Gasteiger partial charge in [-0.05, 0) is 96.0 Å². The zero-order chi connectivity index (χ0) is 57.9. The zero-order valence-electron chi connectivity index (χ0n) is 51.1. The van der Waals surface area contributed by atoms with Crippen molar-refractivity contribution in [3.05, 3.63) is 146 Å². The third-order valence-corrected chi connectivity index (χ3v) is 13.9. The van der Waals surface area contributed by atoms with Crippen molar-refractivity contribution in [1.29, 1.82) is 0 Å². The number of carbonyl (C=O) groups is 2. The van der Waals surface area contributed by atoms with Gasteiger partial charge in [0.15, 0.2) is 0 Å². The lowest BCUT2D eigenvalue weighted by atomic mass is 10.0. The number of phosphoric acid groups is 1. The monoisotopic (exact) mass is 1120 g/mol. The summed E-state index contributed by atoms with van der Waals surface area (Å²) in [6.45, 7) is 6.69. The number of likely N-dealkylation sites (N-methyl/N-ethyl adjacent to an activating group) is 1. The van der Waals surface area contributed by atoms with E-state index in [1.54, 1.807) is 0 Å². The van der Waals surface area contributed by atoms with Crippen molar-refractivity contribution < 1.29 is 37.3 Å². The molecule has 79 heavy (non-hydrogen) atoms. The van der Waals surface area contributed by atoms with Crippen LogP contribution in [0.5, 0.6) is 0 Å². The van der Waals surface area contributed by atoms with E-state index in [0.717, 1.165) is 109 Å². The van der Waals surface area contributed by atoms with Crippen LogP contribution in [0.2, 0.25) is 0 Å². The fourth-order valence-corrected chi connectivity index (χ4v) is 8.91. The molecule has 2 N–H and O–H groups in total. The second-order valence-corrected chi connectivity index (χ2v) is 23.1.